The fourth-order valence-corrected chi connectivity index (χ4v) is 3.41. The van der Waals surface area contributed by atoms with Crippen LogP contribution < -0.4 is 10.6 Å². The fourth-order valence-electron chi connectivity index (χ4n) is 3.18. The summed E-state index contributed by atoms with van der Waals surface area (Å²) in [5.41, 5.74) is 1.76. The van der Waals surface area contributed by atoms with Crippen molar-refractivity contribution < 1.29 is 4.79 Å². The molecule has 6 heteroatoms. The highest BCUT2D eigenvalue weighted by molar-refractivity contribution is 6.33. The van der Waals surface area contributed by atoms with E-state index in [0.717, 1.165) is 25.1 Å². The van der Waals surface area contributed by atoms with Gasteiger partial charge in [-0.25, -0.2) is 0 Å². The van der Waals surface area contributed by atoms with Crippen molar-refractivity contribution in [2.45, 2.75) is 39.2 Å². The lowest BCUT2D eigenvalue weighted by Crippen LogP contribution is -2.27. The van der Waals surface area contributed by atoms with Gasteiger partial charge >= 0.3 is 0 Å². The number of amides is 1. The molecule has 2 N–H and O–H groups in total. The fraction of sp³-hybridized carbons (Fsp3) is 0.500. The minimum atomic E-state index is -0.218. The molecule has 3 rings (SSSR count). The molecule has 1 aliphatic heterocycles. The van der Waals surface area contributed by atoms with E-state index in [2.05, 4.69) is 36.5 Å². The van der Waals surface area contributed by atoms with Crippen molar-refractivity contribution in [3.8, 4) is 11.3 Å². The number of halogens is 1. The molecule has 0 saturated carbocycles. The van der Waals surface area contributed by atoms with Crippen molar-refractivity contribution in [1.82, 2.24) is 20.4 Å². The lowest BCUT2D eigenvalue weighted by atomic mass is 10.0. The molecule has 1 aliphatic rings. The number of carbonyl (C=O) groups excluding carboxylic acids is 1. The smallest absolute Gasteiger partial charge is 0.255 e. The van der Waals surface area contributed by atoms with Crippen LogP contribution in [0.1, 0.15) is 44.0 Å². The Morgan fingerprint density at radius 2 is 2.15 bits per heavy atom. The third-order valence-electron chi connectivity index (χ3n) is 4.78. The molecule has 1 amide bonds. The standard InChI is InChI=1S/C20H27ClN4O/c1-20(2,3)25-13-16(18(24-25)15-6-4-5-7-17(15)21)19(26)23-11-9-14-8-10-22-12-14/h4-7,13-14,22H,8-12H2,1-3H3,(H,23,26). The highest BCUT2D eigenvalue weighted by atomic mass is 35.5. The molecule has 5 nitrogen and oxygen atoms in total. The van der Waals surface area contributed by atoms with Gasteiger partial charge in [0.2, 0.25) is 0 Å². The Kier molecular flexibility index (Phi) is 5.68. The second-order valence-electron chi connectivity index (χ2n) is 7.89. The van der Waals surface area contributed by atoms with E-state index in [1.54, 1.807) is 0 Å². The first kappa shape index (κ1) is 18.9. The van der Waals surface area contributed by atoms with Gasteiger partial charge in [0.05, 0.1) is 16.1 Å². The van der Waals surface area contributed by atoms with Crippen molar-refractivity contribution in [2.24, 2.45) is 5.92 Å². The Hall–Kier alpha value is -1.85. The van der Waals surface area contributed by atoms with Gasteiger partial charge in [-0.2, -0.15) is 5.10 Å². The number of carbonyl (C=O) groups is 1. The number of nitrogens with zero attached hydrogens (tertiary/aromatic N) is 2. The molecule has 1 unspecified atom stereocenters. The van der Waals surface area contributed by atoms with Crippen LogP contribution in [0.4, 0.5) is 0 Å². The molecular formula is C20H27ClN4O. The highest BCUT2D eigenvalue weighted by Crippen LogP contribution is 2.30. The van der Waals surface area contributed by atoms with Gasteiger partial charge in [0.1, 0.15) is 5.69 Å². The Balaban J connectivity index is 1.83. The van der Waals surface area contributed by atoms with Gasteiger partial charge in [0, 0.05) is 18.3 Å². The maximum atomic E-state index is 12.8. The Morgan fingerprint density at radius 3 is 2.81 bits per heavy atom. The van der Waals surface area contributed by atoms with Crippen molar-refractivity contribution in [3.05, 3.63) is 41.0 Å². The van der Waals surface area contributed by atoms with Gasteiger partial charge in [-0.05, 0) is 58.7 Å². The molecule has 0 bridgehead atoms. The van der Waals surface area contributed by atoms with Crippen molar-refractivity contribution in [2.75, 3.05) is 19.6 Å². The van der Waals surface area contributed by atoms with Gasteiger partial charge < -0.3 is 10.6 Å². The van der Waals surface area contributed by atoms with Crippen LogP contribution in [0.3, 0.4) is 0 Å². The second-order valence-corrected chi connectivity index (χ2v) is 8.30. The largest absolute Gasteiger partial charge is 0.352 e. The average Bonchev–Trinajstić information content (AvgIpc) is 3.24. The molecule has 26 heavy (non-hydrogen) atoms. The minimum Gasteiger partial charge on any atom is -0.352 e. The molecule has 140 valence electrons. The van der Waals surface area contributed by atoms with Crippen LogP contribution in [0.5, 0.6) is 0 Å². The highest BCUT2D eigenvalue weighted by Gasteiger charge is 2.24. The number of hydrogen-bond donors (Lipinski definition) is 2. The van der Waals surface area contributed by atoms with Crippen molar-refractivity contribution >= 4 is 17.5 Å². The summed E-state index contributed by atoms with van der Waals surface area (Å²) in [5.74, 6) is 0.553. The maximum absolute atomic E-state index is 12.8. The van der Waals surface area contributed by atoms with Crippen LogP contribution in [-0.2, 0) is 5.54 Å². The third kappa shape index (κ3) is 4.27. The van der Waals surface area contributed by atoms with Crippen LogP contribution in [0, 0.1) is 5.92 Å². The van der Waals surface area contributed by atoms with Crippen molar-refractivity contribution in [3.63, 3.8) is 0 Å². The molecule has 2 aromatic rings. The van der Waals surface area contributed by atoms with Crippen LogP contribution in [0.15, 0.2) is 30.5 Å². The Bertz CT molecular complexity index is 772. The van der Waals surface area contributed by atoms with E-state index in [0.29, 0.717) is 28.7 Å². The second kappa shape index (κ2) is 7.80. The van der Waals surface area contributed by atoms with Crippen molar-refractivity contribution in [1.29, 1.82) is 0 Å². The summed E-state index contributed by atoms with van der Waals surface area (Å²) >= 11 is 6.36. The molecule has 0 aliphatic carbocycles. The molecule has 0 radical (unpaired) electrons. The first-order chi connectivity index (χ1) is 12.4. The van der Waals surface area contributed by atoms with Crippen LogP contribution in [0.25, 0.3) is 11.3 Å². The predicted molar refractivity (Wildman–Crippen MR) is 106 cm³/mol. The molecule has 0 spiro atoms. The van der Waals surface area contributed by atoms with Crippen LogP contribution in [0.2, 0.25) is 5.02 Å². The molecule has 1 aromatic carbocycles. The van der Waals surface area contributed by atoms with E-state index in [9.17, 15) is 4.79 Å². The van der Waals surface area contributed by atoms with Gasteiger partial charge in [0.15, 0.2) is 0 Å². The summed E-state index contributed by atoms with van der Waals surface area (Å²) in [6, 6.07) is 7.51. The van der Waals surface area contributed by atoms with E-state index in [-0.39, 0.29) is 11.4 Å². The van der Waals surface area contributed by atoms with E-state index in [4.69, 9.17) is 11.6 Å². The number of nitrogens with one attached hydrogen (secondary N) is 2. The molecule has 1 aromatic heterocycles. The minimum absolute atomic E-state index is 0.0959. The number of rotatable bonds is 5. The van der Waals surface area contributed by atoms with E-state index in [1.165, 1.54) is 6.42 Å². The Morgan fingerprint density at radius 1 is 1.38 bits per heavy atom. The monoisotopic (exact) mass is 374 g/mol. The summed E-state index contributed by atoms with van der Waals surface area (Å²) in [4.78, 5) is 12.8. The molecule has 1 fully saturated rings. The van der Waals surface area contributed by atoms with Gasteiger partial charge in [-0.1, -0.05) is 29.8 Å². The van der Waals surface area contributed by atoms with E-state index in [1.807, 2.05) is 35.1 Å². The SMILES string of the molecule is CC(C)(C)n1cc(C(=O)NCCC2CCNC2)c(-c2ccccc2Cl)n1. The summed E-state index contributed by atoms with van der Waals surface area (Å²) in [5, 5.41) is 11.7. The summed E-state index contributed by atoms with van der Waals surface area (Å²) < 4.78 is 1.83. The maximum Gasteiger partial charge on any atom is 0.255 e. The topological polar surface area (TPSA) is 59.0 Å². The zero-order valence-corrected chi connectivity index (χ0v) is 16.4. The molecule has 1 saturated heterocycles. The Labute approximate surface area is 160 Å². The zero-order valence-electron chi connectivity index (χ0n) is 15.7. The third-order valence-corrected chi connectivity index (χ3v) is 5.11. The van der Waals surface area contributed by atoms with Gasteiger partial charge in [0.25, 0.3) is 5.91 Å². The molecule has 2 heterocycles. The van der Waals surface area contributed by atoms with E-state index < -0.39 is 0 Å². The normalized spacial score (nSPS) is 17.5. The van der Waals surface area contributed by atoms with Gasteiger partial charge in [-0.15, -0.1) is 0 Å². The summed E-state index contributed by atoms with van der Waals surface area (Å²) in [6.07, 6.45) is 4.00. The molecular weight excluding hydrogens is 348 g/mol. The van der Waals surface area contributed by atoms with Gasteiger partial charge in [-0.3, -0.25) is 9.48 Å². The average molecular weight is 375 g/mol. The lowest BCUT2D eigenvalue weighted by Gasteiger charge is -2.18. The zero-order chi connectivity index (χ0) is 18.7. The summed E-state index contributed by atoms with van der Waals surface area (Å²) in [7, 11) is 0. The first-order valence-corrected chi connectivity index (χ1v) is 9.58. The van der Waals surface area contributed by atoms with E-state index >= 15 is 0 Å². The number of aromatic nitrogens is 2. The predicted octanol–water partition coefficient (Wildman–Crippen LogP) is 3.69. The van der Waals surface area contributed by atoms with Crippen LogP contribution in [-0.4, -0.2) is 35.3 Å². The van der Waals surface area contributed by atoms with Crippen LogP contribution >= 0.6 is 11.6 Å². The number of hydrogen-bond acceptors (Lipinski definition) is 3. The number of benzene rings is 1. The first-order valence-electron chi connectivity index (χ1n) is 9.20. The summed E-state index contributed by atoms with van der Waals surface area (Å²) in [6.45, 7) is 8.98. The lowest BCUT2D eigenvalue weighted by molar-refractivity contribution is 0.0952. The molecule has 1 atom stereocenters. The quantitative estimate of drug-likeness (QED) is 0.839.